The molecule has 1 atom stereocenters. The molecule has 4 N–H and O–H groups in total. The molecule has 1 aromatic carbocycles. The molecule has 1 aliphatic carbocycles. The number of fused-ring (bicyclic) bond motifs is 1. The van der Waals surface area contributed by atoms with Crippen LogP contribution in [0.4, 0.5) is 11.5 Å². The molecular formula is C28H39N9O2. The van der Waals surface area contributed by atoms with Crippen molar-refractivity contribution in [2.24, 2.45) is 0 Å². The van der Waals surface area contributed by atoms with Crippen molar-refractivity contribution in [2.45, 2.75) is 56.7 Å². The van der Waals surface area contributed by atoms with Gasteiger partial charge in [-0.05, 0) is 64.3 Å². The van der Waals surface area contributed by atoms with Gasteiger partial charge in [0.25, 0.3) is 0 Å². The number of methoxy groups -OCH3 is 1. The summed E-state index contributed by atoms with van der Waals surface area (Å²) in [6, 6.07) is 6.45. The number of ether oxygens (including phenoxy) is 1. The monoisotopic (exact) mass is 533 g/mol. The van der Waals surface area contributed by atoms with E-state index in [1.807, 2.05) is 18.2 Å². The molecule has 2 saturated heterocycles. The lowest BCUT2D eigenvalue weighted by atomic mass is 9.90. The number of nitrogens with zero attached hydrogens (tertiary/aromatic N) is 6. The lowest BCUT2D eigenvalue weighted by molar-refractivity contribution is -0.117. The van der Waals surface area contributed by atoms with E-state index in [0.717, 1.165) is 93.5 Å². The number of benzene rings is 1. The number of hydrogen-bond donors (Lipinski definition) is 3. The summed E-state index contributed by atoms with van der Waals surface area (Å²) in [6.45, 7) is 5.46. The summed E-state index contributed by atoms with van der Waals surface area (Å²) >= 11 is 0. The summed E-state index contributed by atoms with van der Waals surface area (Å²) in [5, 5.41) is 12.1. The second-order valence-corrected chi connectivity index (χ2v) is 11.1. The van der Waals surface area contributed by atoms with Gasteiger partial charge in [0.05, 0.1) is 30.3 Å². The minimum absolute atomic E-state index is 0.0434. The van der Waals surface area contributed by atoms with Gasteiger partial charge in [-0.15, -0.1) is 0 Å². The molecule has 4 heterocycles. The first-order valence-corrected chi connectivity index (χ1v) is 14.2. The molecule has 3 fully saturated rings. The van der Waals surface area contributed by atoms with E-state index in [2.05, 4.69) is 42.1 Å². The summed E-state index contributed by atoms with van der Waals surface area (Å²) in [5.41, 5.74) is 9.38. The van der Waals surface area contributed by atoms with Crippen LogP contribution in [0.1, 0.15) is 44.6 Å². The van der Waals surface area contributed by atoms with Crippen molar-refractivity contribution >= 4 is 28.4 Å². The normalized spacial score (nSPS) is 24.7. The van der Waals surface area contributed by atoms with Crippen molar-refractivity contribution in [1.29, 1.82) is 0 Å². The highest BCUT2D eigenvalue weighted by molar-refractivity contribution is 6.00. The maximum absolute atomic E-state index is 12.7. The first kappa shape index (κ1) is 26.0. The first-order chi connectivity index (χ1) is 19.0. The van der Waals surface area contributed by atoms with Gasteiger partial charge in [-0.3, -0.25) is 9.69 Å². The van der Waals surface area contributed by atoms with Crippen molar-refractivity contribution in [3.05, 3.63) is 24.5 Å². The van der Waals surface area contributed by atoms with Crippen molar-refractivity contribution in [2.75, 3.05) is 57.9 Å². The summed E-state index contributed by atoms with van der Waals surface area (Å²) in [5.74, 6) is 0.943. The molecule has 0 radical (unpaired) electrons. The Labute approximate surface area is 229 Å². The number of nitrogens with two attached hydrogens (primary N) is 1. The Hall–Kier alpha value is -3.28. The van der Waals surface area contributed by atoms with Crippen LogP contribution in [0.5, 0.6) is 5.75 Å². The largest absolute Gasteiger partial charge is 0.495 e. The fourth-order valence-corrected chi connectivity index (χ4v) is 6.38. The average Bonchev–Trinajstić information content (AvgIpc) is 3.64. The highest BCUT2D eigenvalue weighted by Crippen LogP contribution is 2.39. The summed E-state index contributed by atoms with van der Waals surface area (Å²) in [4.78, 5) is 26.7. The number of anilines is 2. The smallest absolute Gasteiger partial charge is 0.241 e. The summed E-state index contributed by atoms with van der Waals surface area (Å²) in [7, 11) is 3.81. The number of carbonyl (C=O) groups is 1. The number of piperazine rings is 1. The van der Waals surface area contributed by atoms with Gasteiger partial charge in [0.1, 0.15) is 23.6 Å². The number of aromatic nitrogens is 4. The zero-order valence-electron chi connectivity index (χ0n) is 22.9. The Morgan fingerprint density at radius 3 is 2.56 bits per heavy atom. The maximum atomic E-state index is 12.7. The van der Waals surface area contributed by atoms with Crippen molar-refractivity contribution in [1.82, 2.24) is 34.9 Å². The topological polar surface area (TPSA) is 126 Å². The number of hydrogen-bond acceptors (Lipinski definition) is 9. The third-order valence-corrected chi connectivity index (χ3v) is 8.69. The van der Waals surface area contributed by atoms with Crippen LogP contribution in [0.3, 0.4) is 0 Å². The highest BCUT2D eigenvalue weighted by Gasteiger charge is 2.31. The first-order valence-electron chi connectivity index (χ1n) is 14.2. The number of rotatable bonds is 6. The minimum atomic E-state index is -0.169. The molecule has 39 heavy (non-hydrogen) atoms. The van der Waals surface area contributed by atoms with Crippen LogP contribution >= 0.6 is 0 Å². The molecule has 11 nitrogen and oxygen atoms in total. The standard InChI is InChI=1S/C28H39N9O2/c1-35-12-14-36(15-13-35)19-6-8-20(9-7-19)37-27-24(26(29)31-17-32-27)25(34-37)18-5-10-21(23(16-18)39-2)33-28(38)22-4-3-11-30-22/h5,10,16-17,19-20,22,30H,3-4,6-9,11-15H2,1-2H3,(H,33,38)(H2,29,31,32). The van der Waals surface area contributed by atoms with E-state index in [9.17, 15) is 4.79 Å². The molecule has 1 saturated carbocycles. The molecule has 1 unspecified atom stereocenters. The Balaban J connectivity index is 1.25. The van der Waals surface area contributed by atoms with Gasteiger partial charge in [-0.25, -0.2) is 14.6 Å². The van der Waals surface area contributed by atoms with Crippen LogP contribution < -0.4 is 21.1 Å². The predicted molar refractivity (Wildman–Crippen MR) is 152 cm³/mol. The van der Waals surface area contributed by atoms with Crippen LogP contribution in [0.25, 0.3) is 22.3 Å². The van der Waals surface area contributed by atoms with E-state index in [1.54, 1.807) is 7.11 Å². The average molecular weight is 534 g/mol. The number of nitrogen functional groups attached to an aromatic ring is 1. The lowest BCUT2D eigenvalue weighted by Gasteiger charge is -2.41. The van der Waals surface area contributed by atoms with Gasteiger partial charge < -0.3 is 26.0 Å². The Bertz CT molecular complexity index is 1320. The van der Waals surface area contributed by atoms with E-state index < -0.39 is 0 Å². The molecule has 1 amide bonds. The van der Waals surface area contributed by atoms with Crippen LogP contribution in [0.15, 0.2) is 24.5 Å². The van der Waals surface area contributed by atoms with Gasteiger partial charge in [0.2, 0.25) is 5.91 Å². The van der Waals surface area contributed by atoms with Crippen LogP contribution in [0.2, 0.25) is 0 Å². The molecule has 0 bridgehead atoms. The van der Waals surface area contributed by atoms with Crippen molar-refractivity contribution < 1.29 is 9.53 Å². The zero-order chi connectivity index (χ0) is 26.9. The second-order valence-electron chi connectivity index (χ2n) is 11.1. The molecular weight excluding hydrogens is 494 g/mol. The second kappa shape index (κ2) is 11.1. The molecule has 0 spiro atoms. The van der Waals surface area contributed by atoms with Crippen molar-refractivity contribution in [3.8, 4) is 17.0 Å². The van der Waals surface area contributed by atoms with Crippen LogP contribution in [0, 0.1) is 0 Å². The van der Waals surface area contributed by atoms with E-state index in [-0.39, 0.29) is 18.0 Å². The number of carbonyl (C=O) groups excluding carboxylic acids is 1. The number of amides is 1. The van der Waals surface area contributed by atoms with E-state index in [4.69, 9.17) is 15.6 Å². The molecule has 208 valence electrons. The van der Waals surface area contributed by atoms with Gasteiger partial charge >= 0.3 is 0 Å². The molecule has 2 aromatic heterocycles. The molecule has 6 rings (SSSR count). The van der Waals surface area contributed by atoms with E-state index >= 15 is 0 Å². The van der Waals surface area contributed by atoms with E-state index in [1.165, 1.54) is 6.33 Å². The van der Waals surface area contributed by atoms with Crippen molar-refractivity contribution in [3.63, 3.8) is 0 Å². The Morgan fingerprint density at radius 2 is 1.85 bits per heavy atom. The fraction of sp³-hybridized carbons (Fsp3) is 0.571. The maximum Gasteiger partial charge on any atom is 0.241 e. The molecule has 2 aliphatic heterocycles. The van der Waals surface area contributed by atoms with Gasteiger partial charge in [0.15, 0.2) is 5.65 Å². The predicted octanol–water partition coefficient (Wildman–Crippen LogP) is 2.51. The Morgan fingerprint density at radius 1 is 1.08 bits per heavy atom. The van der Waals surface area contributed by atoms with Gasteiger partial charge in [-0.1, -0.05) is 6.07 Å². The third-order valence-electron chi connectivity index (χ3n) is 8.69. The van der Waals surface area contributed by atoms with Gasteiger partial charge in [-0.2, -0.15) is 5.10 Å². The molecule has 3 aromatic rings. The quantitative estimate of drug-likeness (QED) is 0.438. The highest BCUT2D eigenvalue weighted by atomic mass is 16.5. The third kappa shape index (κ3) is 5.18. The number of nitrogens with one attached hydrogen (secondary N) is 2. The molecule has 11 heteroatoms. The number of likely N-dealkylation sites (N-methyl/N-ethyl adjacent to an activating group) is 1. The minimum Gasteiger partial charge on any atom is -0.495 e. The van der Waals surface area contributed by atoms with Crippen LogP contribution in [-0.4, -0.2) is 94.4 Å². The zero-order valence-corrected chi connectivity index (χ0v) is 22.9. The molecule has 3 aliphatic rings. The Kier molecular flexibility index (Phi) is 7.37. The lowest BCUT2D eigenvalue weighted by Crippen LogP contribution is -2.49. The van der Waals surface area contributed by atoms with Gasteiger partial charge in [0, 0.05) is 37.8 Å². The summed E-state index contributed by atoms with van der Waals surface area (Å²) < 4.78 is 7.74. The fourth-order valence-electron chi connectivity index (χ4n) is 6.38. The SMILES string of the molecule is COc1cc(-c2nn(C3CCC(N4CCN(C)CC4)CC3)c3ncnc(N)c23)ccc1NC(=O)C1CCCN1. The summed E-state index contributed by atoms with van der Waals surface area (Å²) in [6.07, 6.45) is 7.79. The van der Waals surface area contributed by atoms with E-state index in [0.29, 0.717) is 23.3 Å². The van der Waals surface area contributed by atoms with Crippen LogP contribution in [-0.2, 0) is 4.79 Å².